The molecule has 2 heterocycles. The average Bonchev–Trinajstić information content (AvgIpc) is 3.06. The predicted molar refractivity (Wildman–Crippen MR) is 94.9 cm³/mol. The number of pyridine rings is 1. The fraction of sp³-hybridized carbons (Fsp3) is 0.222. The van der Waals surface area contributed by atoms with Crippen molar-refractivity contribution in [2.45, 2.75) is 0 Å². The van der Waals surface area contributed by atoms with Crippen LogP contribution in [0.3, 0.4) is 0 Å². The van der Waals surface area contributed by atoms with E-state index >= 15 is 0 Å². The highest BCUT2D eigenvalue weighted by atomic mass is 35.5. The first-order valence-corrected chi connectivity index (χ1v) is 8.10. The summed E-state index contributed by atoms with van der Waals surface area (Å²) in [5.74, 6) is -0.617. The molecule has 1 N–H and O–H groups in total. The van der Waals surface area contributed by atoms with Crippen molar-refractivity contribution in [2.24, 2.45) is 0 Å². The zero-order valence-corrected chi connectivity index (χ0v) is 14.9. The van der Waals surface area contributed by atoms with Crippen molar-refractivity contribution >= 4 is 28.4 Å². The maximum Gasteiger partial charge on any atom is 0.199 e. The number of carbonyl (C=O) groups is 1. The lowest BCUT2D eigenvalue weighted by molar-refractivity contribution is 0.103. The maximum absolute atomic E-state index is 14.4. The molecule has 6 nitrogen and oxygen atoms in total. The van der Waals surface area contributed by atoms with Gasteiger partial charge >= 0.3 is 0 Å². The summed E-state index contributed by atoms with van der Waals surface area (Å²) in [6.45, 7) is 0.564. The summed E-state index contributed by atoms with van der Waals surface area (Å²) >= 11 is 6.24. The van der Waals surface area contributed by atoms with Gasteiger partial charge in [0.25, 0.3) is 0 Å². The second-order valence-electron chi connectivity index (χ2n) is 5.38. The van der Waals surface area contributed by atoms with Gasteiger partial charge in [0.1, 0.15) is 29.6 Å². The molecule has 0 aliphatic rings. The van der Waals surface area contributed by atoms with Crippen molar-refractivity contribution < 1.29 is 23.4 Å². The number of aromatic nitrogens is 2. The Morgan fingerprint density at radius 2 is 2.12 bits per heavy atom. The molecule has 1 aromatic carbocycles. The summed E-state index contributed by atoms with van der Waals surface area (Å²) in [4.78, 5) is 20.0. The van der Waals surface area contributed by atoms with E-state index in [1.807, 2.05) is 0 Å². The summed E-state index contributed by atoms with van der Waals surface area (Å²) in [7, 11) is 3.03. The molecule has 3 aromatic rings. The topological polar surface area (TPSA) is 73.4 Å². The molecule has 0 unspecified atom stereocenters. The van der Waals surface area contributed by atoms with Crippen molar-refractivity contribution in [3.63, 3.8) is 0 Å². The van der Waals surface area contributed by atoms with Crippen molar-refractivity contribution in [3.8, 4) is 11.5 Å². The molecule has 136 valence electrons. The Labute approximate surface area is 153 Å². The van der Waals surface area contributed by atoms with Crippen LogP contribution in [0.5, 0.6) is 11.5 Å². The Balaban J connectivity index is 2.03. The van der Waals surface area contributed by atoms with E-state index < -0.39 is 11.6 Å². The number of halogens is 2. The highest BCUT2D eigenvalue weighted by molar-refractivity contribution is 6.37. The second-order valence-corrected chi connectivity index (χ2v) is 5.76. The molecule has 0 aliphatic carbocycles. The quantitative estimate of drug-likeness (QED) is 0.502. The van der Waals surface area contributed by atoms with Gasteiger partial charge in [0, 0.05) is 24.3 Å². The average molecular weight is 379 g/mol. The van der Waals surface area contributed by atoms with E-state index in [0.29, 0.717) is 23.4 Å². The van der Waals surface area contributed by atoms with Gasteiger partial charge in [0.05, 0.1) is 30.5 Å². The Morgan fingerprint density at radius 3 is 2.85 bits per heavy atom. The van der Waals surface area contributed by atoms with Crippen LogP contribution in [0.25, 0.3) is 11.0 Å². The van der Waals surface area contributed by atoms with Gasteiger partial charge in [-0.05, 0) is 18.2 Å². The molecule has 8 heteroatoms. The first-order chi connectivity index (χ1) is 12.6. The number of carbonyl (C=O) groups excluding carboxylic acids is 1. The van der Waals surface area contributed by atoms with E-state index in [4.69, 9.17) is 25.8 Å². The summed E-state index contributed by atoms with van der Waals surface area (Å²) < 4.78 is 29.9. The van der Waals surface area contributed by atoms with E-state index in [1.165, 1.54) is 32.7 Å². The number of methoxy groups -OCH3 is 2. The minimum atomic E-state index is -0.732. The van der Waals surface area contributed by atoms with Crippen LogP contribution in [0.4, 0.5) is 4.39 Å². The van der Waals surface area contributed by atoms with E-state index in [2.05, 4.69) is 9.97 Å². The lowest BCUT2D eigenvalue weighted by Gasteiger charge is -2.11. The molecular formula is C18H16ClFN2O4. The number of nitrogens with zero attached hydrogens (tertiary/aromatic N) is 1. The normalized spacial score (nSPS) is 10.9. The molecule has 0 saturated heterocycles. The summed E-state index contributed by atoms with van der Waals surface area (Å²) in [5, 5.41) is 0.423. The van der Waals surface area contributed by atoms with Crippen LogP contribution >= 0.6 is 11.6 Å². The summed E-state index contributed by atoms with van der Waals surface area (Å²) in [6, 6.07) is 4.18. The highest BCUT2D eigenvalue weighted by Gasteiger charge is 2.24. The number of aromatic amines is 1. The number of rotatable bonds is 7. The van der Waals surface area contributed by atoms with E-state index in [0.717, 1.165) is 6.07 Å². The number of nitrogens with one attached hydrogen (secondary N) is 1. The second kappa shape index (κ2) is 7.72. The highest BCUT2D eigenvalue weighted by Crippen LogP contribution is 2.33. The molecule has 0 fully saturated rings. The standard InChI is InChI=1S/C18H16ClFN2O4/c1-24-5-6-26-14-4-3-13(20)15(16(14)19)17(23)12-9-22-18-11(12)7-10(25-2)8-21-18/h3-4,7-9H,5-6H2,1-2H3,(H,21,22). The Hall–Kier alpha value is -2.64. The molecule has 0 saturated carbocycles. The molecule has 0 spiro atoms. The number of hydrogen-bond acceptors (Lipinski definition) is 5. The van der Waals surface area contributed by atoms with E-state index in [1.54, 1.807) is 6.07 Å². The lowest BCUT2D eigenvalue weighted by Crippen LogP contribution is -2.09. The van der Waals surface area contributed by atoms with Gasteiger partial charge in [-0.15, -0.1) is 0 Å². The predicted octanol–water partition coefficient (Wildman–Crippen LogP) is 3.62. The molecule has 0 aliphatic heterocycles. The number of H-pyrrole nitrogens is 1. The van der Waals surface area contributed by atoms with Gasteiger partial charge in [-0.25, -0.2) is 9.37 Å². The van der Waals surface area contributed by atoms with Gasteiger partial charge in [-0.2, -0.15) is 0 Å². The third kappa shape index (κ3) is 3.36. The Morgan fingerprint density at radius 1 is 1.31 bits per heavy atom. The zero-order chi connectivity index (χ0) is 18.7. The fourth-order valence-corrected chi connectivity index (χ4v) is 2.80. The third-order valence-corrected chi connectivity index (χ3v) is 4.19. The van der Waals surface area contributed by atoms with Crippen molar-refractivity contribution in [2.75, 3.05) is 27.4 Å². The minimum absolute atomic E-state index is 0.0868. The fourth-order valence-electron chi connectivity index (χ4n) is 2.51. The molecule has 26 heavy (non-hydrogen) atoms. The van der Waals surface area contributed by atoms with Gasteiger partial charge in [-0.3, -0.25) is 4.79 Å². The van der Waals surface area contributed by atoms with Crippen molar-refractivity contribution in [1.29, 1.82) is 0 Å². The number of ether oxygens (including phenoxy) is 3. The first kappa shape index (κ1) is 18.2. The SMILES string of the molecule is COCCOc1ccc(F)c(C(=O)c2c[nH]c3ncc(OC)cc23)c1Cl. The van der Waals surface area contributed by atoms with Gasteiger partial charge in [0.2, 0.25) is 0 Å². The number of fused-ring (bicyclic) bond motifs is 1. The van der Waals surface area contributed by atoms with Crippen molar-refractivity contribution in [1.82, 2.24) is 9.97 Å². The molecule has 0 amide bonds. The van der Waals surface area contributed by atoms with Crippen molar-refractivity contribution in [3.05, 3.63) is 52.6 Å². The third-order valence-electron chi connectivity index (χ3n) is 3.81. The van der Waals surface area contributed by atoms with Crippen LogP contribution < -0.4 is 9.47 Å². The maximum atomic E-state index is 14.4. The van der Waals surface area contributed by atoms with Crippen LogP contribution in [0, 0.1) is 5.82 Å². The van der Waals surface area contributed by atoms with E-state index in [-0.39, 0.29) is 28.5 Å². The van der Waals surface area contributed by atoms with Gasteiger partial charge in [-0.1, -0.05) is 11.6 Å². The molecular weight excluding hydrogens is 363 g/mol. The van der Waals surface area contributed by atoms with Crippen LogP contribution in [-0.4, -0.2) is 43.2 Å². The molecule has 0 radical (unpaired) electrons. The summed E-state index contributed by atoms with van der Waals surface area (Å²) in [5.41, 5.74) is 0.463. The summed E-state index contributed by atoms with van der Waals surface area (Å²) in [6.07, 6.45) is 2.98. The Kier molecular flexibility index (Phi) is 5.39. The van der Waals surface area contributed by atoms with Crippen LogP contribution in [0.15, 0.2) is 30.6 Å². The molecule has 0 bridgehead atoms. The molecule has 0 atom stereocenters. The lowest BCUT2D eigenvalue weighted by atomic mass is 10.0. The number of benzene rings is 1. The van der Waals surface area contributed by atoms with Gasteiger partial charge in [0.15, 0.2) is 5.78 Å². The van der Waals surface area contributed by atoms with Crippen LogP contribution in [0.2, 0.25) is 5.02 Å². The largest absolute Gasteiger partial charge is 0.495 e. The first-order valence-electron chi connectivity index (χ1n) is 7.72. The molecule has 3 rings (SSSR count). The zero-order valence-electron chi connectivity index (χ0n) is 14.1. The minimum Gasteiger partial charge on any atom is -0.495 e. The smallest absolute Gasteiger partial charge is 0.199 e. The van der Waals surface area contributed by atoms with Crippen LogP contribution in [-0.2, 0) is 4.74 Å². The van der Waals surface area contributed by atoms with E-state index in [9.17, 15) is 9.18 Å². The monoisotopic (exact) mass is 378 g/mol. The number of ketones is 1. The number of hydrogen-bond donors (Lipinski definition) is 1. The Bertz CT molecular complexity index is 958. The van der Waals surface area contributed by atoms with Crippen LogP contribution in [0.1, 0.15) is 15.9 Å². The van der Waals surface area contributed by atoms with Gasteiger partial charge < -0.3 is 19.2 Å². The molecule has 2 aromatic heterocycles.